The van der Waals surface area contributed by atoms with Crippen LogP contribution in [0.15, 0.2) is 0 Å². The molecule has 0 bridgehead atoms. The highest BCUT2D eigenvalue weighted by Gasteiger charge is 2.04. The molecule has 0 aliphatic carbocycles. The number of nitrogens with one attached hydrogen (secondary N) is 1. The molecule has 90 valence electrons. The molecular formula is C10H19N5O. The van der Waals surface area contributed by atoms with E-state index >= 15 is 0 Å². The van der Waals surface area contributed by atoms with Crippen LogP contribution in [0.25, 0.3) is 0 Å². The molecular weight excluding hydrogens is 206 g/mol. The van der Waals surface area contributed by atoms with Gasteiger partial charge in [0.25, 0.3) is 0 Å². The second kappa shape index (κ2) is 6.81. The largest absolute Gasteiger partial charge is 0.463 e. The average Bonchev–Trinajstić information content (AvgIpc) is 2.26. The summed E-state index contributed by atoms with van der Waals surface area (Å²) in [5.74, 6) is 0.659. The third-order valence-corrected chi connectivity index (χ3v) is 1.88. The fourth-order valence-corrected chi connectivity index (χ4v) is 1.09. The Labute approximate surface area is 95.6 Å². The molecule has 1 heterocycles. The van der Waals surface area contributed by atoms with E-state index in [1.54, 1.807) is 0 Å². The van der Waals surface area contributed by atoms with Crippen LogP contribution < -0.4 is 15.8 Å². The van der Waals surface area contributed by atoms with Gasteiger partial charge in [-0.25, -0.2) is 0 Å². The molecule has 16 heavy (non-hydrogen) atoms. The fourth-order valence-electron chi connectivity index (χ4n) is 1.09. The molecule has 3 N–H and O–H groups in total. The lowest BCUT2D eigenvalue weighted by Crippen LogP contribution is -2.10. The maximum atomic E-state index is 5.55. The van der Waals surface area contributed by atoms with Gasteiger partial charge in [0, 0.05) is 6.54 Å². The zero-order chi connectivity index (χ0) is 11.8. The first-order valence-corrected chi connectivity index (χ1v) is 5.64. The van der Waals surface area contributed by atoms with Crippen LogP contribution in [0.1, 0.15) is 33.1 Å². The first-order valence-electron chi connectivity index (χ1n) is 5.64. The minimum atomic E-state index is 0.181. The van der Waals surface area contributed by atoms with E-state index in [2.05, 4.69) is 27.2 Å². The third kappa shape index (κ3) is 4.29. The molecule has 1 aromatic rings. The van der Waals surface area contributed by atoms with E-state index < -0.39 is 0 Å². The highest BCUT2D eigenvalue weighted by Crippen LogP contribution is 2.09. The number of hydrogen-bond donors (Lipinski definition) is 2. The van der Waals surface area contributed by atoms with Gasteiger partial charge in [0.2, 0.25) is 11.9 Å². The van der Waals surface area contributed by atoms with E-state index in [0.717, 1.165) is 25.8 Å². The van der Waals surface area contributed by atoms with Crippen molar-refractivity contribution < 1.29 is 4.74 Å². The van der Waals surface area contributed by atoms with Crippen LogP contribution in [-0.4, -0.2) is 28.1 Å². The zero-order valence-electron chi connectivity index (χ0n) is 9.86. The van der Waals surface area contributed by atoms with Crippen LogP contribution in [0.4, 0.5) is 11.9 Å². The summed E-state index contributed by atoms with van der Waals surface area (Å²) >= 11 is 0. The van der Waals surface area contributed by atoms with Crippen molar-refractivity contribution in [2.45, 2.75) is 33.1 Å². The standard InChI is InChI=1S/C10H19N5O/c1-3-5-6-12-9-13-8(11)14-10(15-9)16-7-4-2/h3-7H2,1-2H3,(H3,11,12,13,14,15). The van der Waals surface area contributed by atoms with Gasteiger partial charge in [-0.15, -0.1) is 0 Å². The van der Waals surface area contributed by atoms with Gasteiger partial charge in [-0.3, -0.25) is 0 Å². The van der Waals surface area contributed by atoms with Crippen molar-refractivity contribution in [1.29, 1.82) is 0 Å². The summed E-state index contributed by atoms with van der Waals surface area (Å²) in [5.41, 5.74) is 5.55. The van der Waals surface area contributed by atoms with Gasteiger partial charge in [-0.05, 0) is 12.8 Å². The Morgan fingerprint density at radius 1 is 1.19 bits per heavy atom. The van der Waals surface area contributed by atoms with E-state index in [1.165, 1.54) is 0 Å². The minimum absolute atomic E-state index is 0.181. The molecule has 6 heteroatoms. The smallest absolute Gasteiger partial charge is 0.323 e. The third-order valence-electron chi connectivity index (χ3n) is 1.88. The number of nitrogens with zero attached hydrogens (tertiary/aromatic N) is 3. The monoisotopic (exact) mass is 225 g/mol. The van der Waals surface area contributed by atoms with Gasteiger partial charge in [0.05, 0.1) is 6.61 Å². The van der Waals surface area contributed by atoms with Crippen LogP contribution in [-0.2, 0) is 0 Å². The SMILES string of the molecule is CCCCNc1nc(N)nc(OCCC)n1. The first-order chi connectivity index (χ1) is 7.76. The lowest BCUT2D eigenvalue weighted by atomic mass is 10.3. The van der Waals surface area contributed by atoms with Crippen molar-refractivity contribution in [2.24, 2.45) is 0 Å². The molecule has 6 nitrogen and oxygen atoms in total. The highest BCUT2D eigenvalue weighted by molar-refractivity contribution is 5.32. The molecule has 0 amide bonds. The van der Waals surface area contributed by atoms with E-state index in [0.29, 0.717) is 12.6 Å². The van der Waals surface area contributed by atoms with E-state index in [9.17, 15) is 0 Å². The van der Waals surface area contributed by atoms with Gasteiger partial charge in [-0.2, -0.15) is 15.0 Å². The van der Waals surface area contributed by atoms with E-state index in [1.807, 2.05) is 6.92 Å². The number of rotatable bonds is 7. The van der Waals surface area contributed by atoms with E-state index in [-0.39, 0.29) is 12.0 Å². The van der Waals surface area contributed by atoms with E-state index in [4.69, 9.17) is 10.5 Å². The van der Waals surface area contributed by atoms with Crippen LogP contribution in [0, 0.1) is 0 Å². The van der Waals surface area contributed by atoms with Crippen LogP contribution in [0.3, 0.4) is 0 Å². The number of unbranched alkanes of at least 4 members (excludes halogenated alkanes) is 1. The van der Waals surface area contributed by atoms with Crippen molar-refractivity contribution in [3.8, 4) is 6.01 Å². The van der Waals surface area contributed by atoms with Crippen molar-refractivity contribution in [3.05, 3.63) is 0 Å². The van der Waals surface area contributed by atoms with Crippen molar-refractivity contribution >= 4 is 11.9 Å². The minimum Gasteiger partial charge on any atom is -0.463 e. The number of nitrogens with two attached hydrogens (primary N) is 1. The highest BCUT2D eigenvalue weighted by atomic mass is 16.5. The number of anilines is 2. The quantitative estimate of drug-likeness (QED) is 0.683. The molecule has 0 spiro atoms. The Hall–Kier alpha value is -1.59. The van der Waals surface area contributed by atoms with Gasteiger partial charge >= 0.3 is 6.01 Å². The molecule has 0 saturated carbocycles. The van der Waals surface area contributed by atoms with Crippen molar-refractivity contribution in [3.63, 3.8) is 0 Å². The molecule has 0 saturated heterocycles. The maximum absolute atomic E-state index is 5.55. The van der Waals surface area contributed by atoms with Crippen molar-refractivity contribution in [2.75, 3.05) is 24.2 Å². The van der Waals surface area contributed by atoms with Gasteiger partial charge < -0.3 is 15.8 Å². The Morgan fingerprint density at radius 2 is 2.00 bits per heavy atom. The predicted molar refractivity (Wildman–Crippen MR) is 63.4 cm³/mol. The summed E-state index contributed by atoms with van der Waals surface area (Å²) in [6.45, 7) is 5.55. The lowest BCUT2D eigenvalue weighted by Gasteiger charge is -2.06. The first kappa shape index (κ1) is 12.5. The lowest BCUT2D eigenvalue weighted by molar-refractivity contribution is 0.292. The summed E-state index contributed by atoms with van der Waals surface area (Å²) in [5, 5.41) is 3.08. The Kier molecular flexibility index (Phi) is 5.31. The second-order valence-electron chi connectivity index (χ2n) is 3.43. The van der Waals surface area contributed by atoms with Crippen LogP contribution in [0.5, 0.6) is 6.01 Å². The Morgan fingerprint density at radius 3 is 2.69 bits per heavy atom. The number of nitrogen functional groups attached to an aromatic ring is 1. The molecule has 0 atom stereocenters. The van der Waals surface area contributed by atoms with Gasteiger partial charge in [0.15, 0.2) is 0 Å². The van der Waals surface area contributed by atoms with Crippen molar-refractivity contribution in [1.82, 2.24) is 15.0 Å². The molecule has 1 rings (SSSR count). The summed E-state index contributed by atoms with van der Waals surface area (Å²) in [7, 11) is 0. The van der Waals surface area contributed by atoms with Gasteiger partial charge in [0.1, 0.15) is 0 Å². The van der Waals surface area contributed by atoms with Gasteiger partial charge in [-0.1, -0.05) is 20.3 Å². The molecule has 0 aromatic carbocycles. The maximum Gasteiger partial charge on any atom is 0.323 e. The molecule has 0 radical (unpaired) electrons. The predicted octanol–water partition coefficient (Wildman–Crippen LogP) is 1.45. The average molecular weight is 225 g/mol. The number of aromatic nitrogens is 3. The topological polar surface area (TPSA) is 86.0 Å². The molecule has 0 unspecified atom stereocenters. The molecule has 0 fully saturated rings. The van der Waals surface area contributed by atoms with Crippen LogP contribution >= 0.6 is 0 Å². The summed E-state index contributed by atoms with van der Waals surface area (Å²) in [6, 6.07) is 0.286. The summed E-state index contributed by atoms with van der Waals surface area (Å²) in [6.07, 6.45) is 3.09. The second-order valence-corrected chi connectivity index (χ2v) is 3.43. The number of hydrogen-bond acceptors (Lipinski definition) is 6. The number of ether oxygens (including phenoxy) is 1. The normalized spacial score (nSPS) is 10.1. The molecule has 0 aliphatic heterocycles. The summed E-state index contributed by atoms with van der Waals surface area (Å²) < 4.78 is 5.30. The fraction of sp³-hybridized carbons (Fsp3) is 0.700. The Balaban J connectivity index is 2.58. The Bertz CT molecular complexity index is 318. The zero-order valence-corrected chi connectivity index (χ0v) is 9.86. The molecule has 0 aliphatic rings. The van der Waals surface area contributed by atoms with Crippen LogP contribution in [0.2, 0.25) is 0 Å². The summed E-state index contributed by atoms with van der Waals surface area (Å²) in [4.78, 5) is 12.0. The molecule has 1 aromatic heterocycles.